The smallest absolute Gasteiger partial charge is 0.244 e. The molecule has 128 valence electrons. The fraction of sp³-hybridized carbons (Fsp3) is 0.111. The molecule has 3 aromatic rings. The molecule has 6 nitrogen and oxygen atoms in total. The van der Waals surface area contributed by atoms with Gasteiger partial charge in [0, 0.05) is 29.6 Å². The van der Waals surface area contributed by atoms with Crippen LogP contribution in [0.2, 0.25) is 0 Å². The second kappa shape index (κ2) is 6.52. The molecule has 1 N–H and O–H groups in total. The van der Waals surface area contributed by atoms with E-state index in [1.165, 1.54) is 30.3 Å². The fourth-order valence-electron chi connectivity index (χ4n) is 2.54. The van der Waals surface area contributed by atoms with E-state index >= 15 is 0 Å². The Balaban J connectivity index is 1.80. The highest BCUT2D eigenvalue weighted by Crippen LogP contribution is 2.14. The minimum Gasteiger partial charge on any atom is -0.338 e. The quantitative estimate of drug-likeness (QED) is 0.775. The summed E-state index contributed by atoms with van der Waals surface area (Å²) in [4.78, 5) is 24.3. The van der Waals surface area contributed by atoms with Crippen LogP contribution in [0, 0.1) is 0 Å². The highest BCUT2D eigenvalue weighted by atomic mass is 32.2. The average Bonchev–Trinajstić information content (AvgIpc) is 2.57. The zero-order valence-electron chi connectivity index (χ0n) is 13.5. The van der Waals surface area contributed by atoms with Crippen molar-refractivity contribution in [1.82, 2.24) is 4.57 Å². The lowest BCUT2D eigenvalue weighted by Crippen LogP contribution is -2.20. The number of nitrogens with one attached hydrogen (secondary N) is 1. The van der Waals surface area contributed by atoms with E-state index in [0.717, 1.165) is 6.26 Å². The largest absolute Gasteiger partial charge is 0.338 e. The maximum absolute atomic E-state index is 12.3. The monoisotopic (exact) mass is 356 g/mol. The number of pyridine rings is 1. The van der Waals surface area contributed by atoms with Gasteiger partial charge in [-0.2, -0.15) is 0 Å². The number of hydrogen-bond donors (Lipinski definition) is 1. The molecule has 0 spiro atoms. The number of rotatable bonds is 4. The van der Waals surface area contributed by atoms with Crippen LogP contribution in [0.25, 0.3) is 10.9 Å². The van der Waals surface area contributed by atoms with E-state index in [2.05, 4.69) is 5.32 Å². The van der Waals surface area contributed by atoms with Gasteiger partial charge in [0.1, 0.15) is 6.54 Å². The molecule has 3 rings (SSSR count). The normalized spacial score (nSPS) is 11.4. The fourth-order valence-corrected chi connectivity index (χ4v) is 3.17. The molecule has 0 unspecified atom stereocenters. The van der Waals surface area contributed by atoms with Gasteiger partial charge in [0.15, 0.2) is 15.3 Å². The predicted molar refractivity (Wildman–Crippen MR) is 96.4 cm³/mol. The lowest BCUT2D eigenvalue weighted by molar-refractivity contribution is -0.116. The van der Waals surface area contributed by atoms with Gasteiger partial charge in [0.25, 0.3) is 0 Å². The van der Waals surface area contributed by atoms with Gasteiger partial charge in [-0.15, -0.1) is 0 Å². The molecule has 0 fully saturated rings. The van der Waals surface area contributed by atoms with Crippen LogP contribution in [0.15, 0.2) is 70.5 Å². The summed E-state index contributed by atoms with van der Waals surface area (Å²) in [6, 6.07) is 14.5. The first-order valence-electron chi connectivity index (χ1n) is 7.53. The van der Waals surface area contributed by atoms with Crippen molar-refractivity contribution in [2.45, 2.75) is 11.4 Å². The minimum atomic E-state index is -3.27. The summed E-state index contributed by atoms with van der Waals surface area (Å²) in [6.45, 7) is 0.0363. The van der Waals surface area contributed by atoms with Gasteiger partial charge in [-0.25, -0.2) is 8.42 Å². The lowest BCUT2D eigenvalue weighted by atomic mass is 10.2. The number of carbonyl (C=O) groups excluding carboxylic acids is 1. The number of benzene rings is 2. The summed E-state index contributed by atoms with van der Waals surface area (Å²) in [5.41, 5.74) is 1.09. The van der Waals surface area contributed by atoms with E-state index < -0.39 is 9.84 Å². The molecule has 0 atom stereocenters. The highest BCUT2D eigenvalue weighted by Gasteiger charge is 2.09. The zero-order valence-corrected chi connectivity index (χ0v) is 14.3. The molecule has 0 aliphatic carbocycles. The lowest BCUT2D eigenvalue weighted by Gasteiger charge is -2.11. The van der Waals surface area contributed by atoms with Crippen molar-refractivity contribution in [3.63, 3.8) is 0 Å². The van der Waals surface area contributed by atoms with Crippen LogP contribution in [0.3, 0.4) is 0 Å². The molecule has 1 amide bonds. The number of sulfone groups is 1. The van der Waals surface area contributed by atoms with E-state index in [1.807, 2.05) is 0 Å². The third-order valence-electron chi connectivity index (χ3n) is 3.76. The summed E-state index contributed by atoms with van der Waals surface area (Å²) < 4.78 is 24.6. The predicted octanol–water partition coefficient (Wildman–Crippen LogP) is 2.04. The molecule has 7 heteroatoms. The number of para-hydroxylation sites is 1. The summed E-state index contributed by atoms with van der Waals surface area (Å²) in [7, 11) is -3.27. The third kappa shape index (κ3) is 3.77. The number of carbonyl (C=O) groups is 1. The molecule has 0 radical (unpaired) electrons. The number of aromatic nitrogens is 1. The van der Waals surface area contributed by atoms with Crippen LogP contribution in [0.5, 0.6) is 0 Å². The molecule has 0 aliphatic rings. The highest BCUT2D eigenvalue weighted by molar-refractivity contribution is 7.90. The second-order valence-corrected chi connectivity index (χ2v) is 7.69. The Kier molecular flexibility index (Phi) is 4.41. The number of nitrogens with zero attached hydrogens (tertiary/aromatic N) is 1. The SMILES string of the molecule is CS(=O)(=O)c1ccc(NC(=O)Cn2ccc(=O)c3ccccc32)cc1. The van der Waals surface area contributed by atoms with Crippen LogP contribution in [0.4, 0.5) is 5.69 Å². The van der Waals surface area contributed by atoms with Crippen LogP contribution >= 0.6 is 0 Å². The standard InChI is InChI=1S/C18H16N2O4S/c1-25(23,24)14-8-6-13(7-9-14)19-18(22)12-20-11-10-17(21)15-4-2-3-5-16(15)20/h2-11H,12H2,1H3,(H,19,22). The first kappa shape index (κ1) is 16.9. The van der Waals surface area contributed by atoms with Crippen molar-refractivity contribution < 1.29 is 13.2 Å². The van der Waals surface area contributed by atoms with Crippen LogP contribution in [-0.2, 0) is 21.2 Å². The molecule has 1 aromatic heterocycles. The molecule has 2 aromatic carbocycles. The molecular formula is C18H16N2O4S. The Morgan fingerprint density at radius 3 is 2.40 bits per heavy atom. The molecule has 1 heterocycles. The van der Waals surface area contributed by atoms with Crippen molar-refractivity contribution in [1.29, 1.82) is 0 Å². The molecule has 0 saturated carbocycles. The third-order valence-corrected chi connectivity index (χ3v) is 4.89. The maximum Gasteiger partial charge on any atom is 0.244 e. The van der Waals surface area contributed by atoms with E-state index in [9.17, 15) is 18.0 Å². The first-order chi connectivity index (χ1) is 11.8. The Labute approximate surface area is 144 Å². The second-order valence-electron chi connectivity index (χ2n) is 5.67. The molecule has 25 heavy (non-hydrogen) atoms. The Morgan fingerprint density at radius 2 is 1.72 bits per heavy atom. The Hall–Kier alpha value is -2.93. The van der Waals surface area contributed by atoms with Gasteiger partial charge in [-0.05, 0) is 36.4 Å². The van der Waals surface area contributed by atoms with E-state index in [1.54, 1.807) is 35.0 Å². The number of anilines is 1. The number of hydrogen-bond acceptors (Lipinski definition) is 4. The summed E-state index contributed by atoms with van der Waals surface area (Å²) in [6.07, 6.45) is 2.71. The summed E-state index contributed by atoms with van der Waals surface area (Å²) >= 11 is 0. The van der Waals surface area contributed by atoms with Crippen molar-refractivity contribution >= 4 is 32.3 Å². The molecule has 0 bridgehead atoms. The summed E-state index contributed by atoms with van der Waals surface area (Å²) in [5.74, 6) is -0.277. The van der Waals surface area contributed by atoms with Gasteiger partial charge in [0.05, 0.1) is 10.4 Å². The summed E-state index contributed by atoms with van der Waals surface area (Å²) in [5, 5.41) is 3.27. The van der Waals surface area contributed by atoms with Crippen molar-refractivity contribution in [2.24, 2.45) is 0 Å². The molecule has 0 aliphatic heterocycles. The van der Waals surface area contributed by atoms with Crippen LogP contribution in [0.1, 0.15) is 0 Å². The van der Waals surface area contributed by atoms with E-state index in [-0.39, 0.29) is 22.8 Å². The Morgan fingerprint density at radius 1 is 1.04 bits per heavy atom. The van der Waals surface area contributed by atoms with E-state index in [0.29, 0.717) is 16.6 Å². The van der Waals surface area contributed by atoms with Crippen LogP contribution < -0.4 is 10.7 Å². The average molecular weight is 356 g/mol. The Bertz CT molecular complexity index is 1100. The van der Waals surface area contributed by atoms with Crippen molar-refractivity contribution in [3.8, 4) is 0 Å². The van der Waals surface area contributed by atoms with Gasteiger partial charge in [0.2, 0.25) is 5.91 Å². The van der Waals surface area contributed by atoms with E-state index in [4.69, 9.17) is 0 Å². The molecular weight excluding hydrogens is 340 g/mol. The van der Waals surface area contributed by atoms with Crippen molar-refractivity contribution in [3.05, 3.63) is 71.0 Å². The van der Waals surface area contributed by atoms with Gasteiger partial charge in [-0.1, -0.05) is 12.1 Å². The van der Waals surface area contributed by atoms with Gasteiger partial charge in [-0.3, -0.25) is 9.59 Å². The number of fused-ring (bicyclic) bond motifs is 1. The number of amides is 1. The zero-order chi connectivity index (χ0) is 18.0. The van der Waals surface area contributed by atoms with Gasteiger partial charge >= 0.3 is 0 Å². The minimum absolute atomic E-state index is 0.0363. The first-order valence-corrected chi connectivity index (χ1v) is 9.42. The molecule has 0 saturated heterocycles. The van der Waals surface area contributed by atoms with Crippen LogP contribution in [-0.4, -0.2) is 25.1 Å². The topological polar surface area (TPSA) is 85.2 Å². The van der Waals surface area contributed by atoms with Crippen molar-refractivity contribution in [2.75, 3.05) is 11.6 Å². The maximum atomic E-state index is 12.3. The van der Waals surface area contributed by atoms with Gasteiger partial charge < -0.3 is 9.88 Å².